The van der Waals surface area contributed by atoms with E-state index in [-0.39, 0.29) is 6.20 Å². The fourth-order valence-electron chi connectivity index (χ4n) is 1.24. The Balaban J connectivity index is 3.61. The van der Waals surface area contributed by atoms with Gasteiger partial charge in [0.05, 0.1) is 18.2 Å². The predicted molar refractivity (Wildman–Crippen MR) is 45.5 cm³/mol. The summed E-state index contributed by atoms with van der Waals surface area (Å²) in [4.78, 5) is 3.14. The minimum atomic E-state index is -4.99. The van der Waals surface area contributed by atoms with E-state index in [1.165, 1.54) is 6.07 Å². The molecule has 0 bridgehead atoms. The second kappa shape index (κ2) is 4.53. The lowest BCUT2D eigenvalue weighted by atomic mass is 10.1. The van der Waals surface area contributed by atoms with Gasteiger partial charge in [0.15, 0.2) is 11.4 Å². The quantitative estimate of drug-likeness (QED) is 0.760. The number of hydrogen-bond donors (Lipinski definition) is 0. The van der Waals surface area contributed by atoms with Gasteiger partial charge in [-0.15, -0.1) is 0 Å². The molecule has 0 N–H and O–H groups in total. The monoisotopic (exact) mass is 252 g/mol. The largest absolute Gasteiger partial charge is 0.493 e. The zero-order chi connectivity index (χ0) is 13.2. The van der Waals surface area contributed by atoms with Crippen LogP contribution >= 0.6 is 0 Å². The first kappa shape index (κ1) is 13.2. The maximum Gasteiger partial charge on any atom is 0.418 e. The summed E-state index contributed by atoms with van der Waals surface area (Å²) in [6.07, 6.45) is -8.21. The topological polar surface area (TPSA) is 45.9 Å². The van der Waals surface area contributed by atoms with Crippen LogP contribution in [0.5, 0.6) is 5.75 Å². The number of ether oxygens (including phenoxy) is 1. The average molecular weight is 252 g/mol. The molecule has 0 aliphatic heterocycles. The van der Waals surface area contributed by atoms with E-state index in [0.717, 1.165) is 7.11 Å². The Morgan fingerprint density at radius 1 is 1.41 bits per heavy atom. The summed E-state index contributed by atoms with van der Waals surface area (Å²) < 4.78 is 67.0. The Labute approximate surface area is 92.4 Å². The van der Waals surface area contributed by atoms with Crippen LogP contribution in [0, 0.1) is 11.3 Å². The van der Waals surface area contributed by atoms with Crippen molar-refractivity contribution in [1.82, 2.24) is 4.98 Å². The molecule has 0 aromatic carbocycles. The van der Waals surface area contributed by atoms with Gasteiger partial charge in [-0.1, -0.05) is 0 Å². The van der Waals surface area contributed by atoms with Crippen LogP contribution in [-0.4, -0.2) is 12.1 Å². The van der Waals surface area contributed by atoms with Crippen LogP contribution in [0.1, 0.15) is 23.2 Å². The third kappa shape index (κ3) is 2.43. The standard InChI is InChI=1S/C9H5F5N2O/c1-17-7-5(2-15)16-3-4(9(12,13)14)6(7)8(10)11/h3,8H,1H3. The Kier molecular flexibility index (Phi) is 3.50. The Morgan fingerprint density at radius 2 is 2.00 bits per heavy atom. The highest BCUT2D eigenvalue weighted by molar-refractivity contribution is 5.49. The molecular weight excluding hydrogens is 247 g/mol. The lowest BCUT2D eigenvalue weighted by Gasteiger charge is -2.15. The van der Waals surface area contributed by atoms with Gasteiger partial charge in [0.1, 0.15) is 6.07 Å². The molecular formula is C9H5F5N2O. The van der Waals surface area contributed by atoms with Crippen LogP contribution in [0.4, 0.5) is 22.0 Å². The van der Waals surface area contributed by atoms with Crippen molar-refractivity contribution in [3.8, 4) is 11.8 Å². The van der Waals surface area contributed by atoms with Gasteiger partial charge in [-0.2, -0.15) is 18.4 Å². The van der Waals surface area contributed by atoms with Crippen molar-refractivity contribution >= 4 is 0 Å². The van der Waals surface area contributed by atoms with E-state index < -0.39 is 35.2 Å². The number of aromatic nitrogens is 1. The summed E-state index contributed by atoms with van der Waals surface area (Å²) in [6.45, 7) is 0. The smallest absolute Gasteiger partial charge is 0.418 e. The Hall–Kier alpha value is -1.91. The molecule has 0 spiro atoms. The first-order valence-corrected chi connectivity index (χ1v) is 4.15. The van der Waals surface area contributed by atoms with Gasteiger partial charge in [-0.05, 0) is 0 Å². The van der Waals surface area contributed by atoms with Gasteiger partial charge < -0.3 is 4.74 Å². The molecule has 0 saturated carbocycles. The normalized spacial score (nSPS) is 11.4. The number of nitrogens with zero attached hydrogens (tertiary/aromatic N) is 2. The molecule has 0 unspecified atom stereocenters. The Bertz CT molecular complexity index is 464. The second-order valence-corrected chi connectivity index (χ2v) is 2.88. The molecule has 8 heteroatoms. The minimum Gasteiger partial charge on any atom is -0.493 e. The zero-order valence-electron chi connectivity index (χ0n) is 8.35. The third-order valence-electron chi connectivity index (χ3n) is 1.91. The Morgan fingerprint density at radius 3 is 2.35 bits per heavy atom. The maximum atomic E-state index is 12.6. The van der Waals surface area contributed by atoms with Gasteiger partial charge in [0.25, 0.3) is 6.43 Å². The van der Waals surface area contributed by atoms with Crippen molar-refractivity contribution in [1.29, 1.82) is 5.26 Å². The number of halogens is 5. The molecule has 92 valence electrons. The van der Waals surface area contributed by atoms with Gasteiger partial charge in [-0.25, -0.2) is 13.8 Å². The summed E-state index contributed by atoms with van der Waals surface area (Å²) in [6, 6.07) is 1.38. The fraction of sp³-hybridized carbons (Fsp3) is 0.333. The van der Waals surface area contributed by atoms with E-state index in [1.54, 1.807) is 0 Å². The summed E-state index contributed by atoms with van der Waals surface area (Å²) in [5, 5.41) is 8.53. The summed E-state index contributed by atoms with van der Waals surface area (Å²) in [7, 11) is 0.893. The summed E-state index contributed by atoms with van der Waals surface area (Å²) >= 11 is 0. The number of methoxy groups -OCH3 is 1. The van der Waals surface area contributed by atoms with E-state index in [2.05, 4.69) is 9.72 Å². The highest BCUT2D eigenvalue weighted by Crippen LogP contribution is 2.41. The van der Waals surface area contributed by atoms with E-state index in [0.29, 0.717) is 0 Å². The molecule has 0 amide bonds. The van der Waals surface area contributed by atoms with Crippen molar-refractivity contribution in [3.05, 3.63) is 23.0 Å². The average Bonchev–Trinajstić information content (AvgIpc) is 2.25. The van der Waals surface area contributed by atoms with Crippen molar-refractivity contribution in [2.45, 2.75) is 12.6 Å². The third-order valence-corrected chi connectivity index (χ3v) is 1.91. The van der Waals surface area contributed by atoms with Crippen LogP contribution < -0.4 is 4.74 Å². The molecule has 0 fully saturated rings. The number of alkyl halides is 5. The summed E-state index contributed by atoms with van der Waals surface area (Å²) in [5.74, 6) is -0.850. The molecule has 0 aliphatic carbocycles. The van der Waals surface area contributed by atoms with Crippen LogP contribution in [0.2, 0.25) is 0 Å². The summed E-state index contributed by atoms with van der Waals surface area (Å²) in [5.41, 5.74) is -3.59. The van der Waals surface area contributed by atoms with Gasteiger partial charge in [0.2, 0.25) is 0 Å². The SMILES string of the molecule is COc1c(C#N)ncc(C(F)(F)F)c1C(F)F. The molecule has 0 aliphatic rings. The molecule has 0 saturated heterocycles. The van der Waals surface area contributed by atoms with E-state index in [9.17, 15) is 22.0 Å². The number of pyridine rings is 1. The molecule has 1 rings (SSSR count). The van der Waals surface area contributed by atoms with Crippen LogP contribution in [0.25, 0.3) is 0 Å². The van der Waals surface area contributed by atoms with Gasteiger partial charge >= 0.3 is 6.18 Å². The first-order chi connectivity index (χ1) is 7.82. The molecule has 1 heterocycles. The number of rotatable bonds is 2. The maximum absolute atomic E-state index is 12.6. The fourth-order valence-corrected chi connectivity index (χ4v) is 1.24. The van der Waals surface area contributed by atoms with Crippen molar-refractivity contribution in [2.24, 2.45) is 0 Å². The zero-order valence-corrected chi connectivity index (χ0v) is 8.35. The number of nitriles is 1. The van der Waals surface area contributed by atoms with Crippen LogP contribution in [0.15, 0.2) is 6.20 Å². The molecule has 0 radical (unpaired) electrons. The predicted octanol–water partition coefficient (Wildman–Crippen LogP) is 2.92. The number of hydrogen-bond acceptors (Lipinski definition) is 3. The second-order valence-electron chi connectivity index (χ2n) is 2.88. The lowest BCUT2D eigenvalue weighted by molar-refractivity contribution is -0.139. The molecule has 1 aromatic heterocycles. The molecule has 17 heavy (non-hydrogen) atoms. The van der Waals surface area contributed by atoms with Crippen molar-refractivity contribution in [2.75, 3.05) is 7.11 Å². The van der Waals surface area contributed by atoms with E-state index >= 15 is 0 Å². The molecule has 3 nitrogen and oxygen atoms in total. The van der Waals surface area contributed by atoms with Gasteiger partial charge in [0, 0.05) is 6.20 Å². The molecule has 1 aromatic rings. The van der Waals surface area contributed by atoms with Crippen molar-refractivity contribution in [3.63, 3.8) is 0 Å². The first-order valence-electron chi connectivity index (χ1n) is 4.15. The van der Waals surface area contributed by atoms with Crippen LogP contribution in [-0.2, 0) is 6.18 Å². The highest BCUT2D eigenvalue weighted by atomic mass is 19.4. The highest BCUT2D eigenvalue weighted by Gasteiger charge is 2.39. The van der Waals surface area contributed by atoms with E-state index in [1.807, 2.05) is 0 Å². The van der Waals surface area contributed by atoms with Crippen molar-refractivity contribution < 1.29 is 26.7 Å². The lowest BCUT2D eigenvalue weighted by Crippen LogP contribution is -2.13. The minimum absolute atomic E-state index is 0.197. The van der Waals surface area contributed by atoms with E-state index in [4.69, 9.17) is 5.26 Å². The van der Waals surface area contributed by atoms with Crippen LogP contribution in [0.3, 0.4) is 0 Å². The van der Waals surface area contributed by atoms with Gasteiger partial charge in [-0.3, -0.25) is 0 Å². The molecule has 0 atom stereocenters.